The second-order valence-electron chi connectivity index (χ2n) is 8.72. The lowest BCUT2D eigenvalue weighted by Crippen LogP contribution is -2.05. The lowest BCUT2D eigenvalue weighted by Gasteiger charge is -2.07. The van der Waals surface area contributed by atoms with Gasteiger partial charge in [-0.15, -0.1) is 10.2 Å². The molecule has 4 rings (SSSR count). The number of aromatic nitrogens is 7. The Morgan fingerprint density at radius 3 is 2.58 bits per heavy atom. The lowest BCUT2D eigenvalue weighted by molar-refractivity contribution is 0.569. The maximum Gasteiger partial charge on any atom is 0.204 e. The smallest absolute Gasteiger partial charge is 0.204 e. The Morgan fingerprint density at radius 1 is 1.03 bits per heavy atom. The van der Waals surface area contributed by atoms with Crippen molar-refractivity contribution in [3.8, 4) is 11.4 Å². The molecule has 0 atom stereocenters. The first-order chi connectivity index (χ1) is 16.1. The number of hydrogen-bond donors (Lipinski definition) is 1. The third-order valence-corrected chi connectivity index (χ3v) is 5.49. The normalized spacial score (nSPS) is 11.6. The molecule has 0 radical (unpaired) electrons. The fraction of sp³-hybridized carbons (Fsp3) is 0.346. The molecule has 4 aromatic rings. The van der Waals surface area contributed by atoms with E-state index in [9.17, 15) is 0 Å². The average Bonchev–Trinajstić information content (AvgIpc) is 3.48. The summed E-state index contributed by atoms with van der Waals surface area (Å²) in [5.74, 6) is 3.11. The van der Waals surface area contributed by atoms with Crippen LogP contribution in [0.3, 0.4) is 0 Å². The Kier molecular flexibility index (Phi) is 7.40. The van der Waals surface area contributed by atoms with E-state index in [1.54, 1.807) is 0 Å². The molecule has 7 nitrogen and oxygen atoms in total. The van der Waals surface area contributed by atoms with Crippen molar-refractivity contribution in [3.63, 3.8) is 0 Å². The number of rotatable bonds is 10. The molecule has 0 saturated heterocycles. The Hall–Kier alpha value is -3.61. The number of nitrogens with zero attached hydrogens (tertiary/aromatic N) is 6. The molecule has 0 aliphatic heterocycles. The summed E-state index contributed by atoms with van der Waals surface area (Å²) in [6.07, 6.45) is 8.06. The number of tetrazole rings is 1. The number of benzene rings is 2. The Morgan fingerprint density at radius 2 is 1.85 bits per heavy atom. The molecule has 2 aromatic heterocycles. The van der Waals surface area contributed by atoms with Crippen molar-refractivity contribution in [2.75, 3.05) is 0 Å². The molecule has 0 fully saturated rings. The van der Waals surface area contributed by atoms with Crippen molar-refractivity contribution in [1.29, 1.82) is 0 Å². The fourth-order valence-corrected chi connectivity index (χ4v) is 3.67. The summed E-state index contributed by atoms with van der Waals surface area (Å²) in [5, 5.41) is 19.1. The lowest BCUT2D eigenvalue weighted by atomic mass is 10.0. The number of aryl methyl sites for hydroxylation is 1. The summed E-state index contributed by atoms with van der Waals surface area (Å²) in [6, 6.07) is 17.0. The zero-order valence-electron chi connectivity index (χ0n) is 19.6. The minimum Gasteiger partial charge on any atom is -0.242 e. The summed E-state index contributed by atoms with van der Waals surface area (Å²) in [5.41, 5.74) is 4.64. The Balaban J connectivity index is 1.45. The molecule has 170 valence electrons. The molecular weight excluding hydrogens is 410 g/mol. The highest BCUT2D eigenvalue weighted by Crippen LogP contribution is 2.18. The summed E-state index contributed by atoms with van der Waals surface area (Å²) in [4.78, 5) is 4.77. The highest BCUT2D eigenvalue weighted by atomic mass is 15.5. The van der Waals surface area contributed by atoms with Gasteiger partial charge in [0.2, 0.25) is 5.82 Å². The van der Waals surface area contributed by atoms with Gasteiger partial charge < -0.3 is 0 Å². The molecule has 0 aliphatic rings. The van der Waals surface area contributed by atoms with Crippen molar-refractivity contribution >= 4 is 6.08 Å². The van der Waals surface area contributed by atoms with Crippen LogP contribution in [0.4, 0.5) is 0 Å². The van der Waals surface area contributed by atoms with Gasteiger partial charge in [0.15, 0.2) is 11.6 Å². The molecule has 0 spiro atoms. The van der Waals surface area contributed by atoms with Crippen LogP contribution in [0, 0.1) is 5.92 Å². The first-order valence-electron chi connectivity index (χ1n) is 11.6. The van der Waals surface area contributed by atoms with Crippen LogP contribution < -0.4 is 0 Å². The van der Waals surface area contributed by atoms with Crippen LogP contribution in [0.2, 0.25) is 0 Å². The van der Waals surface area contributed by atoms with Crippen molar-refractivity contribution < 1.29 is 0 Å². The van der Waals surface area contributed by atoms with Gasteiger partial charge in [0.1, 0.15) is 0 Å². The van der Waals surface area contributed by atoms with Gasteiger partial charge >= 0.3 is 0 Å². The SMILES string of the molecule is CC/C=C/c1nc(CCC(C)C)nn1Cc1ccc(Cc2cccc(-c3nn[nH]n3)c2)cc1. The molecule has 0 amide bonds. The van der Waals surface area contributed by atoms with Crippen molar-refractivity contribution in [2.24, 2.45) is 5.92 Å². The van der Waals surface area contributed by atoms with E-state index in [1.807, 2.05) is 16.8 Å². The van der Waals surface area contributed by atoms with Crippen LogP contribution in [0.25, 0.3) is 17.5 Å². The molecule has 0 saturated carbocycles. The van der Waals surface area contributed by atoms with E-state index in [0.717, 1.165) is 42.9 Å². The second kappa shape index (κ2) is 10.8. The molecule has 33 heavy (non-hydrogen) atoms. The van der Waals surface area contributed by atoms with Gasteiger partial charge in [-0.2, -0.15) is 10.3 Å². The van der Waals surface area contributed by atoms with E-state index in [2.05, 4.69) is 89.9 Å². The van der Waals surface area contributed by atoms with E-state index >= 15 is 0 Å². The fourth-order valence-electron chi connectivity index (χ4n) is 3.67. The molecule has 1 N–H and O–H groups in total. The molecule has 0 unspecified atom stereocenters. The monoisotopic (exact) mass is 441 g/mol. The number of hydrogen-bond acceptors (Lipinski definition) is 5. The first kappa shape index (κ1) is 22.6. The Labute approximate surface area is 195 Å². The third kappa shape index (κ3) is 6.22. The molecular formula is C26H31N7. The van der Waals surface area contributed by atoms with Crippen LogP contribution in [-0.4, -0.2) is 35.4 Å². The number of nitrogens with one attached hydrogen (secondary N) is 1. The summed E-state index contributed by atoms with van der Waals surface area (Å²) >= 11 is 0. The maximum atomic E-state index is 4.79. The summed E-state index contributed by atoms with van der Waals surface area (Å²) < 4.78 is 2.02. The van der Waals surface area contributed by atoms with Crippen LogP contribution in [-0.2, 0) is 19.4 Å². The van der Waals surface area contributed by atoms with Gasteiger partial charge in [-0.25, -0.2) is 9.67 Å². The van der Waals surface area contributed by atoms with E-state index in [4.69, 9.17) is 10.1 Å². The quantitative estimate of drug-likeness (QED) is 0.370. The summed E-state index contributed by atoms with van der Waals surface area (Å²) in [7, 11) is 0. The molecule has 0 aliphatic carbocycles. The van der Waals surface area contributed by atoms with E-state index in [-0.39, 0.29) is 0 Å². The van der Waals surface area contributed by atoms with Crippen LogP contribution in [0.15, 0.2) is 54.6 Å². The predicted octanol–water partition coefficient (Wildman–Crippen LogP) is 5.11. The van der Waals surface area contributed by atoms with Crippen LogP contribution >= 0.6 is 0 Å². The van der Waals surface area contributed by atoms with E-state index in [0.29, 0.717) is 18.3 Å². The highest BCUT2D eigenvalue weighted by Gasteiger charge is 2.10. The predicted molar refractivity (Wildman–Crippen MR) is 130 cm³/mol. The van der Waals surface area contributed by atoms with Gasteiger partial charge in [-0.3, -0.25) is 0 Å². The average molecular weight is 442 g/mol. The maximum absolute atomic E-state index is 4.79. The summed E-state index contributed by atoms with van der Waals surface area (Å²) in [6.45, 7) is 7.31. The first-order valence-corrected chi connectivity index (χ1v) is 11.6. The highest BCUT2D eigenvalue weighted by molar-refractivity contribution is 5.55. The van der Waals surface area contributed by atoms with E-state index < -0.39 is 0 Å². The topological polar surface area (TPSA) is 85.2 Å². The van der Waals surface area contributed by atoms with Crippen LogP contribution in [0.5, 0.6) is 0 Å². The zero-order valence-corrected chi connectivity index (χ0v) is 19.6. The van der Waals surface area contributed by atoms with Gasteiger partial charge in [0.25, 0.3) is 0 Å². The van der Waals surface area contributed by atoms with E-state index in [1.165, 1.54) is 16.7 Å². The van der Waals surface area contributed by atoms with Crippen molar-refractivity contribution in [1.82, 2.24) is 35.4 Å². The minimum atomic E-state index is 0.612. The van der Waals surface area contributed by atoms with Gasteiger partial charge in [0.05, 0.1) is 6.54 Å². The second-order valence-corrected chi connectivity index (χ2v) is 8.72. The van der Waals surface area contributed by atoms with Crippen molar-refractivity contribution in [3.05, 3.63) is 82.9 Å². The van der Waals surface area contributed by atoms with Crippen LogP contribution in [0.1, 0.15) is 62.0 Å². The number of allylic oxidation sites excluding steroid dienone is 1. The van der Waals surface area contributed by atoms with Gasteiger partial charge in [-0.05, 0) is 59.2 Å². The third-order valence-electron chi connectivity index (χ3n) is 5.49. The van der Waals surface area contributed by atoms with Gasteiger partial charge in [-0.1, -0.05) is 69.3 Å². The largest absolute Gasteiger partial charge is 0.242 e. The number of H-pyrrole nitrogens is 1. The minimum absolute atomic E-state index is 0.612. The Bertz CT molecular complexity index is 1170. The number of aromatic amines is 1. The zero-order chi connectivity index (χ0) is 23.0. The van der Waals surface area contributed by atoms with Gasteiger partial charge in [0, 0.05) is 12.0 Å². The molecule has 7 heteroatoms. The van der Waals surface area contributed by atoms with Crippen molar-refractivity contribution in [2.45, 2.75) is 53.0 Å². The molecule has 2 heterocycles. The molecule has 0 bridgehead atoms. The molecule has 2 aromatic carbocycles. The standard InChI is InChI=1S/C26H31N7/c1-4-5-9-25-27-24(15-10-19(2)3)30-33(25)18-21-13-11-20(12-14-21)16-22-7-6-8-23(17-22)26-28-31-32-29-26/h5-9,11-14,17,19H,4,10,15-16,18H2,1-3H3,(H,28,29,31,32)/b9-5+.